The topological polar surface area (TPSA) is 50.3 Å². The van der Waals surface area contributed by atoms with Crippen molar-refractivity contribution in [3.63, 3.8) is 0 Å². The highest BCUT2D eigenvalue weighted by molar-refractivity contribution is 5.43. The van der Waals surface area contributed by atoms with Crippen LogP contribution in [-0.2, 0) is 4.74 Å². The van der Waals surface area contributed by atoms with Crippen molar-refractivity contribution < 1.29 is 4.74 Å². The highest BCUT2D eigenvalue weighted by Gasteiger charge is 2.16. The van der Waals surface area contributed by atoms with Gasteiger partial charge < -0.3 is 15.0 Å². The van der Waals surface area contributed by atoms with Crippen molar-refractivity contribution in [2.75, 3.05) is 43.1 Å². The van der Waals surface area contributed by atoms with Crippen molar-refractivity contribution in [2.45, 2.75) is 39.0 Å². The molecule has 0 saturated carbocycles. The van der Waals surface area contributed by atoms with E-state index < -0.39 is 0 Å². The van der Waals surface area contributed by atoms with Gasteiger partial charge in [-0.2, -0.15) is 4.98 Å². The lowest BCUT2D eigenvalue weighted by Crippen LogP contribution is -2.31. The minimum Gasteiger partial charge on any atom is -0.381 e. The maximum Gasteiger partial charge on any atom is 0.227 e. The number of nitrogens with zero attached hydrogens (tertiary/aromatic N) is 3. The van der Waals surface area contributed by atoms with Gasteiger partial charge in [0.1, 0.15) is 5.82 Å². The first kappa shape index (κ1) is 14.6. The summed E-state index contributed by atoms with van der Waals surface area (Å²) in [7, 11) is 0. The van der Waals surface area contributed by atoms with Crippen LogP contribution in [0.15, 0.2) is 6.07 Å². The standard InChI is InChI=1S/C16H26N4O/c1-13-11-15(17-12-14-5-9-21-10-6-14)19-16(18-13)20-7-3-2-4-8-20/h11,14H,2-10,12H2,1H3,(H,17,18,19). The second-order valence-electron chi connectivity index (χ2n) is 6.18. The summed E-state index contributed by atoms with van der Waals surface area (Å²) in [5.74, 6) is 2.56. The Hall–Kier alpha value is -1.36. The molecule has 0 unspecified atom stereocenters. The van der Waals surface area contributed by atoms with Crippen LogP contribution < -0.4 is 10.2 Å². The maximum atomic E-state index is 5.41. The molecule has 2 saturated heterocycles. The molecule has 0 atom stereocenters. The Morgan fingerprint density at radius 2 is 1.95 bits per heavy atom. The van der Waals surface area contributed by atoms with Crippen LogP contribution in [0, 0.1) is 12.8 Å². The van der Waals surface area contributed by atoms with Crippen LogP contribution in [0.4, 0.5) is 11.8 Å². The normalized spacial score (nSPS) is 20.5. The van der Waals surface area contributed by atoms with Gasteiger partial charge in [0.2, 0.25) is 5.95 Å². The van der Waals surface area contributed by atoms with Gasteiger partial charge in [0.15, 0.2) is 0 Å². The van der Waals surface area contributed by atoms with Crippen molar-refractivity contribution in [2.24, 2.45) is 5.92 Å². The third-order valence-corrected chi connectivity index (χ3v) is 4.39. The summed E-state index contributed by atoms with van der Waals surface area (Å²) < 4.78 is 5.41. The molecule has 0 bridgehead atoms. The van der Waals surface area contributed by atoms with E-state index in [1.165, 1.54) is 19.3 Å². The number of ether oxygens (including phenoxy) is 1. The summed E-state index contributed by atoms with van der Waals surface area (Å²) >= 11 is 0. The van der Waals surface area contributed by atoms with Gasteiger partial charge >= 0.3 is 0 Å². The maximum absolute atomic E-state index is 5.41. The van der Waals surface area contributed by atoms with E-state index >= 15 is 0 Å². The lowest BCUT2D eigenvalue weighted by atomic mass is 10.0. The number of aryl methyl sites for hydroxylation is 1. The monoisotopic (exact) mass is 290 g/mol. The fourth-order valence-corrected chi connectivity index (χ4v) is 3.08. The van der Waals surface area contributed by atoms with Gasteiger partial charge in [0, 0.05) is 44.6 Å². The largest absolute Gasteiger partial charge is 0.381 e. The molecule has 21 heavy (non-hydrogen) atoms. The Balaban J connectivity index is 1.62. The van der Waals surface area contributed by atoms with E-state index in [9.17, 15) is 0 Å². The van der Waals surface area contributed by atoms with Crippen LogP contribution in [0.3, 0.4) is 0 Å². The van der Waals surface area contributed by atoms with Crippen molar-refractivity contribution in [1.82, 2.24) is 9.97 Å². The third-order valence-electron chi connectivity index (χ3n) is 4.39. The average molecular weight is 290 g/mol. The summed E-state index contributed by atoms with van der Waals surface area (Å²) in [5.41, 5.74) is 1.04. The van der Waals surface area contributed by atoms with Gasteiger partial charge in [-0.25, -0.2) is 4.98 Å². The average Bonchev–Trinajstić information content (AvgIpc) is 2.54. The first-order valence-corrected chi connectivity index (χ1v) is 8.23. The molecule has 1 N–H and O–H groups in total. The molecule has 5 heteroatoms. The van der Waals surface area contributed by atoms with Crippen molar-refractivity contribution >= 4 is 11.8 Å². The summed E-state index contributed by atoms with van der Waals surface area (Å²) in [6.07, 6.45) is 6.13. The molecule has 1 aromatic rings. The molecule has 0 spiro atoms. The van der Waals surface area contributed by atoms with Crippen LogP contribution in [0.25, 0.3) is 0 Å². The zero-order chi connectivity index (χ0) is 14.5. The fourth-order valence-electron chi connectivity index (χ4n) is 3.08. The number of anilines is 2. The number of aromatic nitrogens is 2. The smallest absolute Gasteiger partial charge is 0.227 e. The molecule has 2 aliphatic rings. The predicted octanol–water partition coefficient (Wildman–Crippen LogP) is 2.61. The molecule has 3 heterocycles. The molecule has 1 aromatic heterocycles. The Bertz CT molecular complexity index is 454. The molecule has 5 nitrogen and oxygen atoms in total. The van der Waals surface area contributed by atoms with Crippen LogP contribution in [0.1, 0.15) is 37.8 Å². The Kier molecular flexibility index (Phi) is 4.91. The number of rotatable bonds is 4. The minimum atomic E-state index is 0.701. The van der Waals surface area contributed by atoms with E-state index in [0.717, 1.165) is 63.1 Å². The quantitative estimate of drug-likeness (QED) is 0.923. The molecule has 0 radical (unpaired) electrons. The van der Waals surface area contributed by atoms with Gasteiger partial charge in [-0.15, -0.1) is 0 Å². The number of hydrogen-bond acceptors (Lipinski definition) is 5. The van der Waals surface area contributed by atoms with Crippen LogP contribution in [-0.4, -0.2) is 42.8 Å². The van der Waals surface area contributed by atoms with E-state index in [4.69, 9.17) is 9.72 Å². The van der Waals surface area contributed by atoms with Crippen LogP contribution in [0.5, 0.6) is 0 Å². The Labute approximate surface area is 127 Å². The SMILES string of the molecule is Cc1cc(NCC2CCOCC2)nc(N2CCCCC2)n1. The number of piperidine rings is 1. The molecule has 0 amide bonds. The highest BCUT2D eigenvalue weighted by Crippen LogP contribution is 2.20. The molecule has 2 aliphatic heterocycles. The summed E-state index contributed by atoms with van der Waals surface area (Å²) in [4.78, 5) is 11.6. The molecule has 116 valence electrons. The van der Waals surface area contributed by atoms with Crippen molar-refractivity contribution in [3.8, 4) is 0 Å². The van der Waals surface area contributed by atoms with E-state index in [2.05, 4.69) is 22.1 Å². The number of nitrogens with one attached hydrogen (secondary N) is 1. The molecular formula is C16H26N4O. The first-order valence-electron chi connectivity index (χ1n) is 8.23. The van der Waals surface area contributed by atoms with Gasteiger partial charge in [-0.3, -0.25) is 0 Å². The molecule has 2 fully saturated rings. The zero-order valence-corrected chi connectivity index (χ0v) is 13.0. The van der Waals surface area contributed by atoms with Crippen molar-refractivity contribution in [1.29, 1.82) is 0 Å². The second-order valence-corrected chi connectivity index (χ2v) is 6.18. The van der Waals surface area contributed by atoms with Gasteiger partial charge in [-0.1, -0.05) is 0 Å². The van der Waals surface area contributed by atoms with E-state index in [1.807, 2.05) is 6.07 Å². The Morgan fingerprint density at radius 3 is 2.71 bits per heavy atom. The van der Waals surface area contributed by atoms with Crippen molar-refractivity contribution in [3.05, 3.63) is 11.8 Å². The molecule has 0 aliphatic carbocycles. The Morgan fingerprint density at radius 1 is 1.19 bits per heavy atom. The molecule has 3 rings (SSSR count). The second kappa shape index (κ2) is 7.07. The fraction of sp³-hybridized carbons (Fsp3) is 0.750. The van der Waals surface area contributed by atoms with E-state index in [-0.39, 0.29) is 0 Å². The minimum absolute atomic E-state index is 0.701. The van der Waals surface area contributed by atoms with Crippen LogP contribution in [0.2, 0.25) is 0 Å². The van der Waals surface area contributed by atoms with E-state index in [1.54, 1.807) is 0 Å². The predicted molar refractivity (Wildman–Crippen MR) is 84.9 cm³/mol. The number of hydrogen-bond donors (Lipinski definition) is 1. The van der Waals surface area contributed by atoms with Gasteiger partial charge in [0.25, 0.3) is 0 Å². The first-order chi connectivity index (χ1) is 10.3. The lowest BCUT2D eigenvalue weighted by molar-refractivity contribution is 0.0699. The van der Waals surface area contributed by atoms with Crippen LogP contribution >= 0.6 is 0 Å². The zero-order valence-electron chi connectivity index (χ0n) is 13.0. The summed E-state index contributed by atoms with van der Waals surface area (Å²) in [6, 6.07) is 2.05. The van der Waals surface area contributed by atoms with E-state index in [0.29, 0.717) is 5.92 Å². The summed E-state index contributed by atoms with van der Waals surface area (Å²) in [6.45, 7) is 7.00. The lowest BCUT2D eigenvalue weighted by Gasteiger charge is -2.27. The summed E-state index contributed by atoms with van der Waals surface area (Å²) in [5, 5.41) is 3.50. The van der Waals surface area contributed by atoms with Gasteiger partial charge in [-0.05, 0) is 44.9 Å². The van der Waals surface area contributed by atoms with Gasteiger partial charge in [0.05, 0.1) is 0 Å². The highest BCUT2D eigenvalue weighted by atomic mass is 16.5. The molecule has 0 aromatic carbocycles. The third kappa shape index (κ3) is 4.06. The molecular weight excluding hydrogens is 264 g/mol.